The van der Waals surface area contributed by atoms with E-state index in [1.807, 2.05) is 0 Å². The number of carbonyl (C=O) groups is 3. The molecule has 3 N–H and O–H groups in total. The molecule has 0 radical (unpaired) electrons. The molecule has 10 heteroatoms. The molecule has 1 aromatic carbocycles. The number of oxime groups is 1. The van der Waals surface area contributed by atoms with Gasteiger partial charge in [-0.25, -0.2) is 4.79 Å². The quantitative estimate of drug-likeness (QED) is 0.215. The number of pyridine rings is 1. The highest BCUT2D eigenvalue weighted by Gasteiger charge is 2.48. The zero-order valence-electron chi connectivity index (χ0n) is 17.3. The Labute approximate surface area is 183 Å². The zero-order valence-corrected chi connectivity index (χ0v) is 17.3. The summed E-state index contributed by atoms with van der Waals surface area (Å²) in [5.41, 5.74) is 0.957. The van der Waals surface area contributed by atoms with Gasteiger partial charge in [-0.1, -0.05) is 23.1 Å². The van der Waals surface area contributed by atoms with Crippen molar-refractivity contribution in [3.63, 3.8) is 0 Å². The van der Waals surface area contributed by atoms with Crippen LogP contribution in [-0.4, -0.2) is 57.8 Å². The first kappa shape index (κ1) is 20.9. The summed E-state index contributed by atoms with van der Waals surface area (Å²) in [6, 6.07) is 7.78. The fourth-order valence-corrected chi connectivity index (χ4v) is 3.52. The average molecular weight is 433 g/mol. The van der Waals surface area contributed by atoms with Crippen LogP contribution in [0.4, 0.5) is 4.79 Å². The van der Waals surface area contributed by atoms with E-state index in [2.05, 4.69) is 32.6 Å². The Hall–Kier alpha value is -4.39. The number of rotatable bonds is 4. The minimum Gasteiger partial charge on any atom is -0.497 e. The first-order valence-electron chi connectivity index (χ1n) is 9.63. The predicted molar refractivity (Wildman–Crippen MR) is 112 cm³/mol. The number of hydrogen-bond donors (Lipinski definition) is 3. The number of ether oxygens (including phenoxy) is 1. The molecule has 0 bridgehead atoms. The van der Waals surface area contributed by atoms with Crippen LogP contribution >= 0.6 is 0 Å². The Morgan fingerprint density at radius 3 is 2.75 bits per heavy atom. The summed E-state index contributed by atoms with van der Waals surface area (Å²) < 4.78 is 5.18. The summed E-state index contributed by atoms with van der Waals surface area (Å²) in [4.78, 5) is 43.1. The molecule has 1 saturated heterocycles. The second kappa shape index (κ2) is 8.03. The van der Waals surface area contributed by atoms with Gasteiger partial charge in [0, 0.05) is 23.9 Å². The Kier molecular flexibility index (Phi) is 5.24. The van der Waals surface area contributed by atoms with E-state index in [9.17, 15) is 14.4 Å². The number of amides is 4. The van der Waals surface area contributed by atoms with Gasteiger partial charge in [-0.05, 0) is 36.8 Å². The highest BCUT2D eigenvalue weighted by atomic mass is 16.5. The van der Waals surface area contributed by atoms with Crippen LogP contribution in [-0.2, 0) is 11.3 Å². The van der Waals surface area contributed by atoms with E-state index in [-0.39, 0.29) is 19.0 Å². The molecule has 4 rings (SSSR count). The lowest BCUT2D eigenvalue weighted by Crippen LogP contribution is -2.54. The molecular weight excluding hydrogens is 414 g/mol. The van der Waals surface area contributed by atoms with Gasteiger partial charge in [0.05, 0.1) is 19.3 Å². The molecule has 162 valence electrons. The molecule has 0 unspecified atom stereocenters. The standard InChI is InChI=1S/C22H19N5O5/c1-13(26-31)18-6-3-14(10-23-18)7-8-22(20(29)24-21(30)25-22)12-27-11-15-4-5-16(32-2)9-17(15)19(27)28/h3-6,9-10,31H,11-12H2,1-2H3,(H2,24,25,29,30)/t22-/m1/s1. The van der Waals surface area contributed by atoms with Gasteiger partial charge in [-0.3, -0.25) is 19.9 Å². The summed E-state index contributed by atoms with van der Waals surface area (Å²) in [6.07, 6.45) is 1.46. The molecule has 0 spiro atoms. The van der Waals surface area contributed by atoms with Crippen molar-refractivity contribution in [1.82, 2.24) is 20.5 Å². The molecule has 2 aromatic rings. The predicted octanol–water partition coefficient (Wildman–Crippen LogP) is 0.874. The third kappa shape index (κ3) is 3.72. The van der Waals surface area contributed by atoms with Gasteiger partial charge in [0.2, 0.25) is 5.54 Å². The maximum atomic E-state index is 12.9. The first-order chi connectivity index (χ1) is 15.3. The normalized spacial score (nSPS) is 19.8. The van der Waals surface area contributed by atoms with Gasteiger partial charge in [0.1, 0.15) is 11.5 Å². The van der Waals surface area contributed by atoms with E-state index in [4.69, 9.17) is 9.94 Å². The zero-order chi connectivity index (χ0) is 22.9. The van der Waals surface area contributed by atoms with Crippen LogP contribution in [0.25, 0.3) is 0 Å². The maximum Gasteiger partial charge on any atom is 0.323 e. The Balaban J connectivity index is 1.62. The van der Waals surface area contributed by atoms with Crippen LogP contribution in [0.5, 0.6) is 5.75 Å². The third-order valence-electron chi connectivity index (χ3n) is 5.27. The van der Waals surface area contributed by atoms with Crippen LogP contribution in [0.1, 0.15) is 34.1 Å². The summed E-state index contributed by atoms with van der Waals surface area (Å²) in [7, 11) is 1.52. The number of nitrogens with zero attached hydrogens (tertiary/aromatic N) is 3. The molecule has 1 atom stereocenters. The van der Waals surface area contributed by atoms with Crippen molar-refractivity contribution in [3.05, 3.63) is 58.9 Å². The van der Waals surface area contributed by atoms with Crippen molar-refractivity contribution < 1.29 is 24.3 Å². The van der Waals surface area contributed by atoms with E-state index >= 15 is 0 Å². The molecule has 0 saturated carbocycles. The van der Waals surface area contributed by atoms with Crippen molar-refractivity contribution in [2.24, 2.45) is 5.16 Å². The second-order valence-corrected chi connectivity index (χ2v) is 7.37. The third-order valence-corrected chi connectivity index (χ3v) is 5.27. The SMILES string of the molecule is COc1ccc2c(c1)C(=O)N(C[C@@]1(C#Cc3ccc(C(C)=NO)nc3)NC(=O)NC1=O)C2. The number of hydrogen-bond acceptors (Lipinski definition) is 7. The fourth-order valence-electron chi connectivity index (χ4n) is 3.52. The summed E-state index contributed by atoms with van der Waals surface area (Å²) in [5.74, 6) is 5.30. The number of benzene rings is 1. The minimum absolute atomic E-state index is 0.130. The lowest BCUT2D eigenvalue weighted by molar-refractivity contribution is -0.122. The van der Waals surface area contributed by atoms with E-state index in [1.165, 1.54) is 18.2 Å². The number of imide groups is 1. The molecule has 10 nitrogen and oxygen atoms in total. The fraction of sp³-hybridized carbons (Fsp3) is 0.227. The average Bonchev–Trinajstić information content (AvgIpc) is 3.26. The Morgan fingerprint density at radius 2 is 2.12 bits per heavy atom. The van der Waals surface area contributed by atoms with Crippen molar-refractivity contribution in [2.75, 3.05) is 13.7 Å². The number of carbonyl (C=O) groups excluding carboxylic acids is 3. The van der Waals surface area contributed by atoms with Crippen LogP contribution in [0.3, 0.4) is 0 Å². The lowest BCUT2D eigenvalue weighted by Gasteiger charge is -2.26. The highest BCUT2D eigenvalue weighted by molar-refractivity contribution is 6.10. The lowest BCUT2D eigenvalue weighted by atomic mass is 9.99. The van der Waals surface area contributed by atoms with Crippen LogP contribution in [0, 0.1) is 11.8 Å². The summed E-state index contributed by atoms with van der Waals surface area (Å²) in [5, 5.41) is 16.7. The second-order valence-electron chi connectivity index (χ2n) is 7.37. The van der Waals surface area contributed by atoms with E-state index in [1.54, 1.807) is 37.3 Å². The molecule has 2 aliphatic heterocycles. The number of urea groups is 1. The van der Waals surface area contributed by atoms with Crippen LogP contribution in [0.2, 0.25) is 0 Å². The molecule has 3 heterocycles. The topological polar surface area (TPSA) is 133 Å². The van der Waals surface area contributed by atoms with Gasteiger partial charge in [0.15, 0.2) is 0 Å². The van der Waals surface area contributed by atoms with Gasteiger partial charge in [-0.2, -0.15) is 0 Å². The molecule has 2 aliphatic rings. The van der Waals surface area contributed by atoms with Crippen molar-refractivity contribution >= 4 is 23.6 Å². The molecule has 1 fully saturated rings. The molecule has 32 heavy (non-hydrogen) atoms. The van der Waals surface area contributed by atoms with Crippen LogP contribution < -0.4 is 15.4 Å². The summed E-state index contributed by atoms with van der Waals surface area (Å²) in [6.45, 7) is 1.75. The van der Waals surface area contributed by atoms with E-state index in [0.717, 1.165) is 5.56 Å². The van der Waals surface area contributed by atoms with Crippen LogP contribution in [0.15, 0.2) is 41.7 Å². The van der Waals surface area contributed by atoms with Gasteiger partial charge < -0.3 is 20.2 Å². The molecule has 4 amide bonds. The molecular formula is C22H19N5O5. The first-order valence-corrected chi connectivity index (χ1v) is 9.63. The van der Waals surface area contributed by atoms with Crippen molar-refractivity contribution in [2.45, 2.75) is 19.0 Å². The van der Waals surface area contributed by atoms with Crippen molar-refractivity contribution in [1.29, 1.82) is 0 Å². The van der Waals surface area contributed by atoms with Crippen molar-refractivity contribution in [3.8, 4) is 17.6 Å². The highest BCUT2D eigenvalue weighted by Crippen LogP contribution is 2.28. The Bertz CT molecular complexity index is 1210. The van der Waals surface area contributed by atoms with E-state index < -0.39 is 17.5 Å². The summed E-state index contributed by atoms with van der Waals surface area (Å²) >= 11 is 0. The number of aromatic nitrogens is 1. The van der Waals surface area contributed by atoms with Gasteiger partial charge >= 0.3 is 6.03 Å². The smallest absolute Gasteiger partial charge is 0.323 e. The Morgan fingerprint density at radius 1 is 1.31 bits per heavy atom. The number of methoxy groups -OCH3 is 1. The minimum atomic E-state index is -1.61. The maximum absolute atomic E-state index is 12.9. The number of nitrogens with one attached hydrogen (secondary N) is 2. The largest absolute Gasteiger partial charge is 0.497 e. The van der Waals surface area contributed by atoms with Gasteiger partial charge in [-0.15, -0.1) is 0 Å². The molecule has 1 aromatic heterocycles. The van der Waals surface area contributed by atoms with E-state index in [0.29, 0.717) is 28.3 Å². The van der Waals surface area contributed by atoms with Gasteiger partial charge in [0.25, 0.3) is 11.8 Å². The monoisotopic (exact) mass is 433 g/mol. The molecule has 0 aliphatic carbocycles. The number of fused-ring (bicyclic) bond motifs is 1.